The van der Waals surface area contributed by atoms with Crippen LogP contribution in [-0.2, 0) is 4.79 Å². The normalized spacial score (nSPS) is 12.1. The number of rotatable bonds is 10. The number of ether oxygens (including phenoxy) is 1. The molecule has 0 aromatic heterocycles. The third kappa shape index (κ3) is 6.81. The Labute approximate surface area is 205 Å². The van der Waals surface area contributed by atoms with Gasteiger partial charge in [-0.3, -0.25) is 9.59 Å². The number of carbonyl (C=O) groups is 2. The van der Waals surface area contributed by atoms with Gasteiger partial charge in [-0.15, -0.1) is 0 Å². The van der Waals surface area contributed by atoms with Crippen molar-refractivity contribution < 1.29 is 14.3 Å². The van der Waals surface area contributed by atoms with Crippen LogP contribution in [0.2, 0.25) is 5.02 Å². The first-order chi connectivity index (χ1) is 16.4. The van der Waals surface area contributed by atoms with Crippen molar-refractivity contribution in [2.75, 3.05) is 6.61 Å². The predicted molar refractivity (Wildman–Crippen MR) is 138 cm³/mol. The first kappa shape index (κ1) is 25.2. The molecule has 0 saturated heterocycles. The van der Waals surface area contributed by atoms with E-state index in [1.54, 1.807) is 30.5 Å². The van der Waals surface area contributed by atoms with Crippen LogP contribution >= 0.6 is 11.6 Å². The highest BCUT2D eigenvalue weighted by molar-refractivity contribution is 6.30. The van der Waals surface area contributed by atoms with E-state index in [0.29, 0.717) is 29.4 Å². The fraction of sp³-hybridized carbons (Fsp3) is 0.296. The SMILES string of the molecule is CCCOc1ccc2ccccc2c1C=NNC(=O)C(CC(C)C)NC(=O)c1ccc(Cl)cc1. The van der Waals surface area contributed by atoms with Gasteiger partial charge < -0.3 is 10.1 Å². The number of halogens is 1. The highest BCUT2D eigenvalue weighted by atomic mass is 35.5. The molecule has 34 heavy (non-hydrogen) atoms. The van der Waals surface area contributed by atoms with Crippen molar-refractivity contribution in [3.05, 3.63) is 76.8 Å². The summed E-state index contributed by atoms with van der Waals surface area (Å²) in [6, 6.07) is 17.6. The van der Waals surface area contributed by atoms with Gasteiger partial charge in [-0.25, -0.2) is 5.43 Å². The number of amides is 2. The number of hydrogen-bond acceptors (Lipinski definition) is 4. The van der Waals surface area contributed by atoms with E-state index < -0.39 is 6.04 Å². The minimum absolute atomic E-state index is 0.192. The van der Waals surface area contributed by atoms with Gasteiger partial charge in [0.1, 0.15) is 11.8 Å². The molecule has 0 spiro atoms. The van der Waals surface area contributed by atoms with E-state index in [0.717, 1.165) is 22.8 Å². The second-order valence-electron chi connectivity index (χ2n) is 8.44. The van der Waals surface area contributed by atoms with E-state index in [1.165, 1.54) is 0 Å². The molecule has 0 fully saturated rings. The molecule has 3 rings (SSSR count). The van der Waals surface area contributed by atoms with Gasteiger partial charge in [-0.1, -0.05) is 62.7 Å². The lowest BCUT2D eigenvalue weighted by atomic mass is 10.0. The van der Waals surface area contributed by atoms with Crippen LogP contribution in [0.5, 0.6) is 5.75 Å². The van der Waals surface area contributed by atoms with Crippen LogP contribution in [0.15, 0.2) is 65.8 Å². The molecule has 0 bridgehead atoms. The molecule has 6 nitrogen and oxygen atoms in total. The second-order valence-corrected chi connectivity index (χ2v) is 8.88. The number of nitrogens with one attached hydrogen (secondary N) is 2. The summed E-state index contributed by atoms with van der Waals surface area (Å²) in [6.45, 7) is 6.61. The van der Waals surface area contributed by atoms with Crippen molar-refractivity contribution in [1.82, 2.24) is 10.7 Å². The van der Waals surface area contributed by atoms with Crippen molar-refractivity contribution in [1.29, 1.82) is 0 Å². The van der Waals surface area contributed by atoms with Gasteiger partial charge in [-0.05, 0) is 59.9 Å². The minimum atomic E-state index is -0.733. The van der Waals surface area contributed by atoms with Crippen LogP contribution in [0.4, 0.5) is 0 Å². The number of benzene rings is 3. The highest BCUT2D eigenvalue weighted by Crippen LogP contribution is 2.26. The van der Waals surface area contributed by atoms with Crippen molar-refractivity contribution >= 4 is 40.4 Å². The maximum atomic E-state index is 12.9. The van der Waals surface area contributed by atoms with E-state index in [2.05, 4.69) is 15.8 Å². The summed E-state index contributed by atoms with van der Waals surface area (Å²) >= 11 is 5.90. The Morgan fingerprint density at radius 1 is 1.06 bits per heavy atom. The van der Waals surface area contributed by atoms with Gasteiger partial charge in [0, 0.05) is 16.1 Å². The second kappa shape index (κ2) is 12.2. The molecule has 0 saturated carbocycles. The maximum Gasteiger partial charge on any atom is 0.262 e. The Morgan fingerprint density at radius 3 is 2.50 bits per heavy atom. The Kier molecular flexibility index (Phi) is 9.05. The molecule has 0 radical (unpaired) electrons. The fourth-order valence-corrected chi connectivity index (χ4v) is 3.66. The van der Waals surface area contributed by atoms with Gasteiger partial charge in [0.25, 0.3) is 11.8 Å². The Hall–Kier alpha value is -3.38. The van der Waals surface area contributed by atoms with Gasteiger partial charge >= 0.3 is 0 Å². The predicted octanol–water partition coefficient (Wildman–Crippen LogP) is 5.58. The highest BCUT2D eigenvalue weighted by Gasteiger charge is 2.22. The third-order valence-corrected chi connectivity index (χ3v) is 5.45. The largest absolute Gasteiger partial charge is 0.493 e. The summed E-state index contributed by atoms with van der Waals surface area (Å²) in [5, 5.41) is 9.58. The quantitative estimate of drug-likeness (QED) is 0.294. The number of hydrogen-bond donors (Lipinski definition) is 2. The van der Waals surface area contributed by atoms with Crippen LogP contribution in [0.1, 0.15) is 49.5 Å². The molecule has 3 aromatic rings. The zero-order valence-electron chi connectivity index (χ0n) is 19.7. The summed E-state index contributed by atoms with van der Waals surface area (Å²) in [5.41, 5.74) is 3.81. The lowest BCUT2D eigenvalue weighted by Gasteiger charge is -2.19. The van der Waals surface area contributed by atoms with Crippen LogP contribution in [0.3, 0.4) is 0 Å². The topological polar surface area (TPSA) is 79.8 Å². The first-order valence-electron chi connectivity index (χ1n) is 11.4. The third-order valence-electron chi connectivity index (χ3n) is 5.20. The standard InChI is InChI=1S/C27H30ClN3O3/c1-4-15-34-25-14-11-19-7-5-6-8-22(19)23(25)17-29-31-27(33)24(16-18(2)3)30-26(32)20-9-12-21(28)13-10-20/h5-14,17-18,24H,4,15-16H2,1-3H3,(H,30,32)(H,31,33). The van der Waals surface area contributed by atoms with Gasteiger partial charge in [-0.2, -0.15) is 5.10 Å². The van der Waals surface area contributed by atoms with Crippen LogP contribution in [0, 0.1) is 5.92 Å². The molecule has 2 amide bonds. The molecule has 1 atom stereocenters. The minimum Gasteiger partial charge on any atom is -0.493 e. The monoisotopic (exact) mass is 479 g/mol. The summed E-state index contributed by atoms with van der Waals surface area (Å²) in [5.74, 6) is 0.167. The summed E-state index contributed by atoms with van der Waals surface area (Å²) in [4.78, 5) is 25.6. The lowest BCUT2D eigenvalue weighted by Crippen LogP contribution is -2.46. The number of fused-ring (bicyclic) bond motifs is 1. The number of hydrazone groups is 1. The molecule has 0 aliphatic rings. The average molecular weight is 480 g/mol. The Morgan fingerprint density at radius 2 is 1.79 bits per heavy atom. The molecule has 0 heterocycles. The van der Waals surface area contributed by atoms with Crippen molar-refractivity contribution in [3.8, 4) is 5.75 Å². The van der Waals surface area contributed by atoms with Gasteiger partial charge in [0.2, 0.25) is 0 Å². The smallest absolute Gasteiger partial charge is 0.262 e. The average Bonchev–Trinajstić information content (AvgIpc) is 2.82. The van der Waals surface area contributed by atoms with Gasteiger partial charge in [0.05, 0.1) is 12.8 Å². The molecule has 1 unspecified atom stereocenters. The zero-order valence-corrected chi connectivity index (χ0v) is 20.4. The fourth-order valence-electron chi connectivity index (χ4n) is 3.53. The van der Waals surface area contributed by atoms with Gasteiger partial charge in [0.15, 0.2) is 0 Å². The maximum absolute atomic E-state index is 12.9. The van der Waals surface area contributed by atoms with Crippen LogP contribution in [-0.4, -0.2) is 30.7 Å². The molecule has 0 aliphatic heterocycles. The van der Waals surface area contributed by atoms with Crippen LogP contribution in [0.25, 0.3) is 10.8 Å². The molecule has 0 aliphatic carbocycles. The van der Waals surface area contributed by atoms with Crippen LogP contribution < -0.4 is 15.5 Å². The number of nitrogens with zero attached hydrogens (tertiary/aromatic N) is 1. The Bertz CT molecular complexity index is 1160. The van der Waals surface area contributed by atoms with E-state index in [9.17, 15) is 9.59 Å². The van der Waals surface area contributed by atoms with E-state index >= 15 is 0 Å². The van der Waals surface area contributed by atoms with E-state index in [4.69, 9.17) is 16.3 Å². The lowest BCUT2D eigenvalue weighted by molar-refractivity contribution is -0.123. The molecule has 7 heteroatoms. The van der Waals surface area contributed by atoms with Crippen molar-refractivity contribution in [2.45, 2.75) is 39.7 Å². The van der Waals surface area contributed by atoms with E-state index in [-0.39, 0.29) is 17.7 Å². The number of carbonyl (C=O) groups excluding carboxylic acids is 2. The molecule has 178 valence electrons. The van der Waals surface area contributed by atoms with E-state index in [1.807, 2.05) is 57.2 Å². The van der Waals surface area contributed by atoms with Crippen molar-refractivity contribution in [2.24, 2.45) is 11.0 Å². The first-order valence-corrected chi connectivity index (χ1v) is 11.8. The summed E-state index contributed by atoms with van der Waals surface area (Å²) in [7, 11) is 0. The molecular formula is C27H30ClN3O3. The zero-order chi connectivity index (χ0) is 24.5. The summed E-state index contributed by atoms with van der Waals surface area (Å²) < 4.78 is 5.89. The molecule has 2 N–H and O–H groups in total. The Balaban J connectivity index is 1.77. The molecular weight excluding hydrogens is 450 g/mol. The molecule has 3 aromatic carbocycles. The van der Waals surface area contributed by atoms with Crippen molar-refractivity contribution in [3.63, 3.8) is 0 Å². The summed E-state index contributed by atoms with van der Waals surface area (Å²) in [6.07, 6.45) is 2.95.